The highest BCUT2D eigenvalue weighted by Crippen LogP contribution is 2.23. The molecular formula is C13H20N2O3. The van der Waals surface area contributed by atoms with Crippen LogP contribution in [0.15, 0.2) is 18.2 Å². The zero-order chi connectivity index (χ0) is 13.4. The molecule has 0 atom stereocenters. The molecule has 3 N–H and O–H groups in total. The van der Waals surface area contributed by atoms with Crippen molar-refractivity contribution in [2.75, 3.05) is 25.5 Å². The Morgan fingerprint density at radius 1 is 1.44 bits per heavy atom. The van der Waals surface area contributed by atoms with Crippen LogP contribution >= 0.6 is 0 Å². The number of carbonyl (C=O) groups excluding carboxylic acids is 1. The van der Waals surface area contributed by atoms with E-state index >= 15 is 0 Å². The van der Waals surface area contributed by atoms with Gasteiger partial charge in [-0.1, -0.05) is 0 Å². The van der Waals surface area contributed by atoms with Crippen molar-refractivity contribution in [3.63, 3.8) is 0 Å². The molecule has 1 aromatic carbocycles. The molecule has 1 amide bonds. The van der Waals surface area contributed by atoms with Crippen molar-refractivity contribution in [1.29, 1.82) is 0 Å². The summed E-state index contributed by atoms with van der Waals surface area (Å²) >= 11 is 0. The average molecular weight is 252 g/mol. The maximum Gasteiger partial charge on any atom is 0.225 e. The predicted octanol–water partition coefficient (Wildman–Crippen LogP) is 1.13. The van der Waals surface area contributed by atoms with E-state index in [4.69, 9.17) is 4.74 Å². The lowest BCUT2D eigenvalue weighted by molar-refractivity contribution is -0.116. The van der Waals surface area contributed by atoms with E-state index < -0.39 is 0 Å². The molecule has 0 bridgehead atoms. The molecule has 0 spiro atoms. The molecule has 1 aromatic rings. The topological polar surface area (TPSA) is 70.6 Å². The number of rotatable bonds is 7. The van der Waals surface area contributed by atoms with E-state index in [1.165, 1.54) is 0 Å². The van der Waals surface area contributed by atoms with Gasteiger partial charge in [-0.05, 0) is 32.2 Å². The smallest absolute Gasteiger partial charge is 0.225 e. The zero-order valence-electron chi connectivity index (χ0n) is 10.8. The number of aliphatic hydroxyl groups excluding tert-OH is 1. The van der Waals surface area contributed by atoms with E-state index in [-0.39, 0.29) is 12.5 Å². The maximum absolute atomic E-state index is 11.5. The number of ether oxygens (including phenoxy) is 1. The third-order valence-electron chi connectivity index (χ3n) is 2.42. The van der Waals surface area contributed by atoms with Gasteiger partial charge in [-0.3, -0.25) is 4.79 Å². The van der Waals surface area contributed by atoms with Crippen LogP contribution in [0.1, 0.15) is 18.9 Å². The van der Waals surface area contributed by atoms with E-state index in [2.05, 4.69) is 10.6 Å². The lowest BCUT2D eigenvalue weighted by Crippen LogP contribution is -2.18. The van der Waals surface area contributed by atoms with Gasteiger partial charge in [0.1, 0.15) is 5.75 Å². The molecule has 5 heteroatoms. The molecule has 0 aliphatic carbocycles. The number of benzene rings is 1. The van der Waals surface area contributed by atoms with E-state index in [0.717, 1.165) is 0 Å². The molecular weight excluding hydrogens is 232 g/mol. The number of hydrogen-bond donors (Lipinski definition) is 3. The van der Waals surface area contributed by atoms with Crippen LogP contribution in [0.5, 0.6) is 5.75 Å². The van der Waals surface area contributed by atoms with Gasteiger partial charge in [-0.15, -0.1) is 0 Å². The molecule has 0 radical (unpaired) electrons. The molecule has 1 rings (SSSR count). The van der Waals surface area contributed by atoms with Gasteiger partial charge in [0.25, 0.3) is 0 Å². The standard InChI is InChI=1S/C13H20N2O3/c1-3-18-12-5-4-11(8-10(12)9-16)15-13(17)6-7-14-2/h4-5,8,14,16H,3,6-7,9H2,1-2H3,(H,15,17). The first-order valence-electron chi connectivity index (χ1n) is 6.02. The van der Waals surface area contributed by atoms with Crippen molar-refractivity contribution in [3.05, 3.63) is 23.8 Å². The highest BCUT2D eigenvalue weighted by Gasteiger charge is 2.06. The largest absolute Gasteiger partial charge is 0.494 e. The fraction of sp³-hybridized carbons (Fsp3) is 0.462. The Morgan fingerprint density at radius 3 is 2.83 bits per heavy atom. The van der Waals surface area contributed by atoms with Crippen LogP contribution < -0.4 is 15.4 Å². The summed E-state index contributed by atoms with van der Waals surface area (Å²) in [6.07, 6.45) is 0.415. The van der Waals surface area contributed by atoms with Crippen molar-refractivity contribution in [1.82, 2.24) is 5.32 Å². The SMILES string of the molecule is CCOc1ccc(NC(=O)CCNC)cc1CO. The maximum atomic E-state index is 11.5. The van der Waals surface area contributed by atoms with Gasteiger partial charge in [0.2, 0.25) is 5.91 Å². The zero-order valence-corrected chi connectivity index (χ0v) is 10.8. The molecule has 0 aromatic heterocycles. The summed E-state index contributed by atoms with van der Waals surface area (Å²) in [6.45, 7) is 2.95. The fourth-order valence-electron chi connectivity index (χ4n) is 1.54. The molecule has 0 heterocycles. The number of amides is 1. The number of aliphatic hydroxyl groups is 1. The van der Waals surface area contributed by atoms with Crippen molar-refractivity contribution in [2.24, 2.45) is 0 Å². The number of carbonyl (C=O) groups is 1. The van der Waals surface area contributed by atoms with Gasteiger partial charge in [0.05, 0.1) is 13.2 Å². The van der Waals surface area contributed by atoms with Crippen LogP contribution in [0.4, 0.5) is 5.69 Å². The number of hydrogen-bond acceptors (Lipinski definition) is 4. The van der Waals surface area contributed by atoms with Crippen molar-refractivity contribution in [2.45, 2.75) is 20.0 Å². The normalized spacial score (nSPS) is 10.2. The Balaban J connectivity index is 2.69. The Morgan fingerprint density at radius 2 is 2.22 bits per heavy atom. The average Bonchev–Trinajstić information content (AvgIpc) is 2.38. The summed E-state index contributed by atoms with van der Waals surface area (Å²) in [6, 6.07) is 5.24. The minimum absolute atomic E-state index is 0.0580. The summed E-state index contributed by atoms with van der Waals surface area (Å²) in [5, 5.41) is 14.9. The predicted molar refractivity (Wildman–Crippen MR) is 70.7 cm³/mol. The summed E-state index contributed by atoms with van der Waals surface area (Å²) in [5.41, 5.74) is 1.34. The van der Waals surface area contributed by atoms with Crippen LogP contribution in [0.3, 0.4) is 0 Å². The second kappa shape index (κ2) is 7.68. The van der Waals surface area contributed by atoms with E-state index in [9.17, 15) is 9.90 Å². The molecule has 0 unspecified atom stereocenters. The third kappa shape index (κ3) is 4.35. The van der Waals surface area contributed by atoms with Gasteiger partial charge in [-0.25, -0.2) is 0 Å². The number of anilines is 1. The van der Waals surface area contributed by atoms with Crippen LogP contribution in [0.25, 0.3) is 0 Å². The first kappa shape index (κ1) is 14.5. The first-order chi connectivity index (χ1) is 8.71. The van der Waals surface area contributed by atoms with Crippen molar-refractivity contribution >= 4 is 11.6 Å². The second-order valence-corrected chi connectivity index (χ2v) is 3.82. The highest BCUT2D eigenvalue weighted by atomic mass is 16.5. The van der Waals surface area contributed by atoms with E-state index in [1.807, 2.05) is 6.92 Å². The van der Waals surface area contributed by atoms with Gasteiger partial charge in [-0.2, -0.15) is 0 Å². The van der Waals surface area contributed by atoms with Gasteiger partial charge in [0, 0.05) is 24.2 Å². The summed E-state index contributed by atoms with van der Waals surface area (Å²) in [7, 11) is 1.80. The summed E-state index contributed by atoms with van der Waals surface area (Å²) in [5.74, 6) is 0.589. The van der Waals surface area contributed by atoms with E-state index in [1.54, 1.807) is 25.2 Å². The van der Waals surface area contributed by atoms with Gasteiger partial charge >= 0.3 is 0 Å². The molecule has 0 aliphatic rings. The molecule has 5 nitrogen and oxygen atoms in total. The van der Waals surface area contributed by atoms with E-state index in [0.29, 0.717) is 36.6 Å². The molecule has 0 saturated heterocycles. The second-order valence-electron chi connectivity index (χ2n) is 3.82. The van der Waals surface area contributed by atoms with Gasteiger partial charge < -0.3 is 20.5 Å². The Hall–Kier alpha value is -1.59. The molecule has 0 aliphatic heterocycles. The molecule has 18 heavy (non-hydrogen) atoms. The van der Waals surface area contributed by atoms with Crippen LogP contribution in [-0.4, -0.2) is 31.2 Å². The van der Waals surface area contributed by atoms with Crippen molar-refractivity contribution < 1.29 is 14.6 Å². The minimum Gasteiger partial charge on any atom is -0.494 e. The summed E-state index contributed by atoms with van der Waals surface area (Å²) < 4.78 is 5.37. The van der Waals surface area contributed by atoms with Crippen LogP contribution in [-0.2, 0) is 11.4 Å². The van der Waals surface area contributed by atoms with Gasteiger partial charge in [0.15, 0.2) is 0 Å². The minimum atomic E-state index is -0.116. The highest BCUT2D eigenvalue weighted by molar-refractivity contribution is 5.91. The first-order valence-corrected chi connectivity index (χ1v) is 6.02. The van der Waals surface area contributed by atoms with Crippen LogP contribution in [0, 0.1) is 0 Å². The summed E-state index contributed by atoms with van der Waals surface area (Å²) in [4.78, 5) is 11.5. The molecule has 0 saturated carbocycles. The Labute approximate surface area is 107 Å². The Kier molecular flexibility index (Phi) is 6.18. The Bertz CT molecular complexity index is 394. The monoisotopic (exact) mass is 252 g/mol. The fourth-order valence-corrected chi connectivity index (χ4v) is 1.54. The number of nitrogens with one attached hydrogen (secondary N) is 2. The molecule has 0 fully saturated rings. The lowest BCUT2D eigenvalue weighted by Gasteiger charge is -2.11. The van der Waals surface area contributed by atoms with Crippen molar-refractivity contribution in [3.8, 4) is 5.75 Å². The lowest BCUT2D eigenvalue weighted by atomic mass is 10.2. The third-order valence-corrected chi connectivity index (χ3v) is 2.42. The quantitative estimate of drug-likeness (QED) is 0.680. The molecule has 100 valence electrons. The van der Waals surface area contributed by atoms with Crippen LogP contribution in [0.2, 0.25) is 0 Å².